The van der Waals surface area contributed by atoms with Gasteiger partial charge in [0.25, 0.3) is 0 Å². The standard InChI is InChI=1S/C29H40/c1-3-5-7-25-10-14-27(15-11-25)17-19-29-22-20-28(21-23-29)18-16-26-12-8-24(6-4-2)9-13-26/h20-27H,3-15H2,1-2H3. The lowest BCUT2D eigenvalue weighted by molar-refractivity contribution is 0.296. The average molecular weight is 389 g/mol. The van der Waals surface area contributed by atoms with Crippen molar-refractivity contribution in [3.05, 3.63) is 35.4 Å². The summed E-state index contributed by atoms with van der Waals surface area (Å²) in [5.41, 5.74) is 2.28. The summed E-state index contributed by atoms with van der Waals surface area (Å²) in [5, 5.41) is 0. The zero-order valence-electron chi connectivity index (χ0n) is 18.8. The van der Waals surface area contributed by atoms with Crippen LogP contribution in [0.2, 0.25) is 0 Å². The Kier molecular flexibility index (Phi) is 9.22. The van der Waals surface area contributed by atoms with E-state index in [1.165, 1.54) is 83.5 Å². The fourth-order valence-corrected chi connectivity index (χ4v) is 5.10. The van der Waals surface area contributed by atoms with Crippen molar-refractivity contribution >= 4 is 0 Å². The Bertz CT molecular complexity index is 701. The molecule has 1 aromatic carbocycles. The van der Waals surface area contributed by atoms with Gasteiger partial charge in [-0.1, -0.05) is 69.6 Å². The van der Waals surface area contributed by atoms with E-state index in [1.807, 2.05) is 0 Å². The lowest BCUT2D eigenvalue weighted by Gasteiger charge is -2.25. The number of unbranched alkanes of at least 4 members (excludes halogenated alkanes) is 1. The highest BCUT2D eigenvalue weighted by Gasteiger charge is 2.19. The van der Waals surface area contributed by atoms with Crippen LogP contribution in [0.5, 0.6) is 0 Å². The van der Waals surface area contributed by atoms with Crippen LogP contribution in [-0.2, 0) is 0 Å². The maximum atomic E-state index is 3.55. The van der Waals surface area contributed by atoms with Crippen molar-refractivity contribution in [3.63, 3.8) is 0 Å². The lowest BCUT2D eigenvalue weighted by atomic mass is 9.80. The molecule has 2 aliphatic rings. The first-order valence-electron chi connectivity index (χ1n) is 12.4. The molecular formula is C29H40. The van der Waals surface area contributed by atoms with E-state index in [4.69, 9.17) is 0 Å². The second-order valence-corrected chi connectivity index (χ2v) is 9.48. The zero-order valence-corrected chi connectivity index (χ0v) is 18.8. The Morgan fingerprint density at radius 3 is 1.48 bits per heavy atom. The average Bonchev–Trinajstić information content (AvgIpc) is 2.77. The lowest BCUT2D eigenvalue weighted by Crippen LogP contribution is -2.13. The van der Waals surface area contributed by atoms with Crippen LogP contribution in [0.4, 0.5) is 0 Å². The van der Waals surface area contributed by atoms with E-state index < -0.39 is 0 Å². The Labute approximate surface area is 180 Å². The van der Waals surface area contributed by atoms with Crippen molar-refractivity contribution in [1.82, 2.24) is 0 Å². The van der Waals surface area contributed by atoms with Gasteiger partial charge in [-0.25, -0.2) is 0 Å². The summed E-state index contributed by atoms with van der Waals surface area (Å²) in [6, 6.07) is 8.62. The molecule has 0 heteroatoms. The Balaban J connectivity index is 1.44. The van der Waals surface area contributed by atoms with Gasteiger partial charge in [-0.05, 0) is 87.5 Å². The molecule has 29 heavy (non-hydrogen) atoms. The molecule has 0 radical (unpaired) electrons. The van der Waals surface area contributed by atoms with Gasteiger partial charge in [0.05, 0.1) is 0 Å². The minimum Gasteiger partial charge on any atom is -0.0945 e. The van der Waals surface area contributed by atoms with Crippen LogP contribution in [0.1, 0.15) is 108 Å². The molecule has 3 rings (SSSR count). The van der Waals surface area contributed by atoms with Crippen LogP contribution in [0.3, 0.4) is 0 Å². The molecule has 0 atom stereocenters. The van der Waals surface area contributed by atoms with E-state index >= 15 is 0 Å². The highest BCUT2D eigenvalue weighted by Crippen LogP contribution is 2.32. The maximum Gasteiger partial charge on any atom is 0.0246 e. The molecule has 0 bridgehead atoms. The van der Waals surface area contributed by atoms with Gasteiger partial charge in [-0.3, -0.25) is 0 Å². The van der Waals surface area contributed by atoms with E-state index in [9.17, 15) is 0 Å². The van der Waals surface area contributed by atoms with Crippen LogP contribution >= 0.6 is 0 Å². The molecule has 0 nitrogen and oxygen atoms in total. The van der Waals surface area contributed by atoms with Crippen LogP contribution in [0.15, 0.2) is 24.3 Å². The molecule has 0 heterocycles. The fourth-order valence-electron chi connectivity index (χ4n) is 5.10. The molecular weight excluding hydrogens is 348 g/mol. The minimum absolute atomic E-state index is 0.607. The third-order valence-corrected chi connectivity index (χ3v) is 7.08. The molecule has 0 N–H and O–H groups in total. The van der Waals surface area contributed by atoms with Gasteiger partial charge in [0.2, 0.25) is 0 Å². The molecule has 0 amide bonds. The van der Waals surface area contributed by atoms with E-state index in [-0.39, 0.29) is 0 Å². The summed E-state index contributed by atoms with van der Waals surface area (Å²) in [7, 11) is 0. The number of hydrogen-bond donors (Lipinski definition) is 0. The Morgan fingerprint density at radius 2 is 1.07 bits per heavy atom. The number of hydrogen-bond acceptors (Lipinski definition) is 0. The summed E-state index contributed by atoms with van der Waals surface area (Å²) in [5.74, 6) is 17.1. The highest BCUT2D eigenvalue weighted by atomic mass is 14.2. The normalized spacial score (nSPS) is 26.7. The van der Waals surface area contributed by atoms with E-state index in [0.29, 0.717) is 11.8 Å². The largest absolute Gasteiger partial charge is 0.0945 e. The molecule has 156 valence electrons. The topological polar surface area (TPSA) is 0 Å². The van der Waals surface area contributed by atoms with Crippen molar-refractivity contribution in [2.45, 2.75) is 97.3 Å². The quantitative estimate of drug-likeness (QED) is 0.448. The molecule has 2 saturated carbocycles. The SMILES string of the molecule is CCCCC1CCC(C#Cc2ccc(C#CC3CCC(CCC)CC3)cc2)CC1. The first-order chi connectivity index (χ1) is 14.3. The zero-order chi connectivity index (χ0) is 20.3. The van der Waals surface area contributed by atoms with Crippen molar-refractivity contribution < 1.29 is 0 Å². The van der Waals surface area contributed by atoms with Crippen molar-refractivity contribution in [3.8, 4) is 23.7 Å². The van der Waals surface area contributed by atoms with Crippen LogP contribution < -0.4 is 0 Å². The predicted molar refractivity (Wildman–Crippen MR) is 126 cm³/mol. The first-order valence-corrected chi connectivity index (χ1v) is 12.4. The smallest absolute Gasteiger partial charge is 0.0246 e. The monoisotopic (exact) mass is 388 g/mol. The fraction of sp³-hybridized carbons (Fsp3) is 0.655. The summed E-state index contributed by atoms with van der Waals surface area (Å²) >= 11 is 0. The van der Waals surface area contributed by atoms with Crippen LogP contribution in [0, 0.1) is 47.4 Å². The van der Waals surface area contributed by atoms with Crippen molar-refractivity contribution in [2.24, 2.45) is 23.7 Å². The maximum absolute atomic E-state index is 3.55. The molecule has 0 saturated heterocycles. The van der Waals surface area contributed by atoms with Crippen molar-refractivity contribution in [1.29, 1.82) is 0 Å². The highest BCUT2D eigenvalue weighted by molar-refractivity contribution is 5.42. The molecule has 2 aliphatic carbocycles. The Morgan fingerprint density at radius 1 is 0.621 bits per heavy atom. The summed E-state index contributed by atoms with van der Waals surface area (Å²) in [6.07, 6.45) is 17.6. The molecule has 0 aliphatic heterocycles. The van der Waals surface area contributed by atoms with Crippen LogP contribution in [-0.4, -0.2) is 0 Å². The summed E-state index contributed by atoms with van der Waals surface area (Å²) in [6.45, 7) is 4.60. The van der Waals surface area contributed by atoms with Gasteiger partial charge in [0.1, 0.15) is 0 Å². The predicted octanol–water partition coefficient (Wildman–Crippen LogP) is 7.99. The number of benzene rings is 1. The molecule has 2 fully saturated rings. The second-order valence-electron chi connectivity index (χ2n) is 9.48. The van der Waals surface area contributed by atoms with E-state index in [2.05, 4.69) is 61.8 Å². The summed E-state index contributed by atoms with van der Waals surface area (Å²) in [4.78, 5) is 0. The summed E-state index contributed by atoms with van der Waals surface area (Å²) < 4.78 is 0. The molecule has 0 unspecified atom stereocenters. The molecule has 1 aromatic rings. The van der Waals surface area contributed by atoms with Crippen LogP contribution in [0.25, 0.3) is 0 Å². The second kappa shape index (κ2) is 12.1. The molecule has 0 aromatic heterocycles. The molecule has 0 spiro atoms. The van der Waals surface area contributed by atoms with Gasteiger partial charge in [-0.15, -0.1) is 0 Å². The third-order valence-electron chi connectivity index (χ3n) is 7.08. The van der Waals surface area contributed by atoms with E-state index in [0.717, 1.165) is 23.0 Å². The third kappa shape index (κ3) is 7.59. The van der Waals surface area contributed by atoms with Crippen molar-refractivity contribution in [2.75, 3.05) is 0 Å². The van der Waals surface area contributed by atoms with E-state index in [1.54, 1.807) is 0 Å². The van der Waals surface area contributed by atoms with Gasteiger partial charge in [0.15, 0.2) is 0 Å². The van der Waals surface area contributed by atoms with Gasteiger partial charge in [0, 0.05) is 23.0 Å². The number of rotatable bonds is 5. The van der Waals surface area contributed by atoms with Gasteiger partial charge in [-0.2, -0.15) is 0 Å². The van der Waals surface area contributed by atoms with Gasteiger partial charge < -0.3 is 0 Å². The van der Waals surface area contributed by atoms with Gasteiger partial charge >= 0.3 is 0 Å². The first kappa shape index (κ1) is 22.0. The minimum atomic E-state index is 0.607. The Hall–Kier alpha value is -1.66.